The lowest BCUT2D eigenvalue weighted by Crippen LogP contribution is -2.52. The molecule has 1 atom stereocenters. The van der Waals surface area contributed by atoms with Gasteiger partial charge in [0.25, 0.3) is 6.43 Å². The second kappa shape index (κ2) is 5.47. The summed E-state index contributed by atoms with van der Waals surface area (Å²) in [5, 5.41) is 11.9. The first-order chi connectivity index (χ1) is 5.93. The first kappa shape index (κ1) is 12.7. The Kier molecular flexibility index (Phi) is 5.36. The molecule has 80 valence electrons. The van der Waals surface area contributed by atoms with Gasteiger partial charge in [0.2, 0.25) is 0 Å². The van der Waals surface area contributed by atoms with Gasteiger partial charge in [-0.15, -0.1) is 0 Å². The molecule has 0 heterocycles. The second-order valence-electron chi connectivity index (χ2n) is 3.56. The fourth-order valence-electron chi connectivity index (χ4n) is 1.10. The molecule has 0 radical (unpaired) electrons. The van der Waals surface area contributed by atoms with Gasteiger partial charge in [0.1, 0.15) is 0 Å². The molecule has 0 saturated heterocycles. The van der Waals surface area contributed by atoms with Crippen LogP contribution >= 0.6 is 0 Å². The summed E-state index contributed by atoms with van der Waals surface area (Å²) in [4.78, 5) is 1.50. The zero-order valence-corrected chi connectivity index (χ0v) is 8.35. The van der Waals surface area contributed by atoms with Gasteiger partial charge in [-0.3, -0.25) is 4.90 Å². The van der Waals surface area contributed by atoms with Gasteiger partial charge < -0.3 is 10.4 Å². The second-order valence-corrected chi connectivity index (χ2v) is 3.56. The third-order valence-corrected chi connectivity index (χ3v) is 2.02. The minimum Gasteiger partial charge on any atom is -0.394 e. The lowest BCUT2D eigenvalue weighted by Gasteiger charge is -2.31. The van der Waals surface area contributed by atoms with Crippen molar-refractivity contribution < 1.29 is 13.9 Å². The fourth-order valence-corrected chi connectivity index (χ4v) is 1.10. The normalized spacial score (nSPS) is 16.6. The number of aliphatic hydroxyl groups is 1. The van der Waals surface area contributed by atoms with Gasteiger partial charge in [0.15, 0.2) is 0 Å². The van der Waals surface area contributed by atoms with Gasteiger partial charge in [-0.05, 0) is 21.0 Å². The van der Waals surface area contributed by atoms with Crippen molar-refractivity contribution in [2.75, 3.05) is 33.8 Å². The molecule has 1 unspecified atom stereocenters. The number of halogens is 2. The van der Waals surface area contributed by atoms with Crippen LogP contribution in [0.5, 0.6) is 0 Å². The van der Waals surface area contributed by atoms with Crippen LogP contribution < -0.4 is 5.32 Å². The fraction of sp³-hybridized carbons (Fsp3) is 1.00. The molecule has 13 heavy (non-hydrogen) atoms. The number of likely N-dealkylation sites (N-methyl/N-ethyl adjacent to an activating group) is 2. The molecule has 5 heteroatoms. The SMILES string of the molecule is CNC(C)(CO)CN(C)CC(F)F. The highest BCUT2D eigenvalue weighted by atomic mass is 19.3. The van der Waals surface area contributed by atoms with E-state index in [4.69, 9.17) is 5.11 Å². The lowest BCUT2D eigenvalue weighted by molar-refractivity contribution is 0.0741. The monoisotopic (exact) mass is 196 g/mol. The third kappa shape index (κ3) is 5.13. The first-order valence-electron chi connectivity index (χ1n) is 4.20. The number of hydrogen-bond acceptors (Lipinski definition) is 3. The third-order valence-electron chi connectivity index (χ3n) is 2.02. The summed E-state index contributed by atoms with van der Waals surface area (Å²) in [6.45, 7) is 1.84. The van der Waals surface area contributed by atoms with Crippen molar-refractivity contribution in [2.24, 2.45) is 0 Å². The Balaban J connectivity index is 3.94. The summed E-state index contributed by atoms with van der Waals surface area (Å²) in [5.74, 6) is 0. The van der Waals surface area contributed by atoms with Gasteiger partial charge in [-0.25, -0.2) is 8.78 Å². The van der Waals surface area contributed by atoms with E-state index in [1.165, 1.54) is 4.90 Å². The van der Waals surface area contributed by atoms with E-state index < -0.39 is 12.0 Å². The van der Waals surface area contributed by atoms with E-state index in [9.17, 15) is 8.78 Å². The summed E-state index contributed by atoms with van der Waals surface area (Å²) in [7, 11) is 3.31. The van der Waals surface area contributed by atoms with Crippen molar-refractivity contribution in [3.63, 3.8) is 0 Å². The number of hydrogen-bond donors (Lipinski definition) is 2. The van der Waals surface area contributed by atoms with Crippen LogP contribution in [-0.2, 0) is 0 Å². The van der Waals surface area contributed by atoms with Crippen molar-refractivity contribution >= 4 is 0 Å². The van der Waals surface area contributed by atoms with Crippen LogP contribution in [0.25, 0.3) is 0 Å². The van der Waals surface area contributed by atoms with Gasteiger partial charge in [-0.1, -0.05) is 0 Å². The van der Waals surface area contributed by atoms with E-state index in [2.05, 4.69) is 5.32 Å². The predicted octanol–water partition coefficient (Wildman–Crippen LogP) is 0.154. The largest absolute Gasteiger partial charge is 0.394 e. The molecule has 2 N–H and O–H groups in total. The van der Waals surface area contributed by atoms with Crippen LogP contribution in [0.3, 0.4) is 0 Å². The molecule has 0 aliphatic rings. The Bertz CT molecular complexity index is 140. The molecule has 0 fully saturated rings. The minimum atomic E-state index is -2.33. The van der Waals surface area contributed by atoms with Gasteiger partial charge in [0, 0.05) is 6.54 Å². The van der Waals surface area contributed by atoms with E-state index in [1.54, 1.807) is 21.0 Å². The topological polar surface area (TPSA) is 35.5 Å². The average molecular weight is 196 g/mol. The molecular formula is C8H18F2N2O. The number of nitrogens with one attached hydrogen (secondary N) is 1. The highest BCUT2D eigenvalue weighted by Crippen LogP contribution is 2.05. The maximum absolute atomic E-state index is 11.9. The van der Waals surface area contributed by atoms with Crippen molar-refractivity contribution in [3.05, 3.63) is 0 Å². The zero-order chi connectivity index (χ0) is 10.5. The number of nitrogens with zero attached hydrogens (tertiary/aromatic N) is 1. The number of alkyl halides is 2. The molecule has 0 aromatic rings. The molecule has 0 spiro atoms. The summed E-state index contributed by atoms with van der Waals surface area (Å²) in [6, 6.07) is 0. The molecular weight excluding hydrogens is 178 g/mol. The molecule has 3 nitrogen and oxygen atoms in total. The molecule has 0 aromatic heterocycles. The molecule has 0 saturated carbocycles. The summed E-state index contributed by atoms with van der Waals surface area (Å²) < 4.78 is 23.9. The van der Waals surface area contributed by atoms with Crippen LogP contribution in [0.4, 0.5) is 8.78 Å². The van der Waals surface area contributed by atoms with E-state index in [-0.39, 0.29) is 13.2 Å². The van der Waals surface area contributed by atoms with Crippen LogP contribution in [0.1, 0.15) is 6.92 Å². The molecule has 0 rings (SSSR count). The highest BCUT2D eigenvalue weighted by molar-refractivity contribution is 4.83. The van der Waals surface area contributed by atoms with Crippen LogP contribution in [-0.4, -0.2) is 55.8 Å². The molecule has 0 bridgehead atoms. The quantitative estimate of drug-likeness (QED) is 0.635. The van der Waals surface area contributed by atoms with E-state index in [1.807, 2.05) is 0 Å². The van der Waals surface area contributed by atoms with Crippen molar-refractivity contribution in [1.29, 1.82) is 0 Å². The average Bonchev–Trinajstić information content (AvgIpc) is 2.02. The Morgan fingerprint density at radius 1 is 1.54 bits per heavy atom. The first-order valence-corrected chi connectivity index (χ1v) is 4.20. The Morgan fingerprint density at radius 3 is 2.38 bits per heavy atom. The summed E-state index contributed by atoms with van der Waals surface area (Å²) in [6.07, 6.45) is -2.33. The van der Waals surface area contributed by atoms with Crippen molar-refractivity contribution in [1.82, 2.24) is 10.2 Å². The minimum absolute atomic E-state index is 0.0723. The van der Waals surface area contributed by atoms with Gasteiger partial charge in [-0.2, -0.15) is 0 Å². The van der Waals surface area contributed by atoms with Gasteiger partial charge >= 0.3 is 0 Å². The van der Waals surface area contributed by atoms with Crippen molar-refractivity contribution in [3.8, 4) is 0 Å². The van der Waals surface area contributed by atoms with Crippen LogP contribution in [0.15, 0.2) is 0 Å². The maximum atomic E-state index is 11.9. The molecule has 0 aliphatic heterocycles. The molecule has 0 aromatic carbocycles. The predicted molar refractivity (Wildman–Crippen MR) is 48.1 cm³/mol. The summed E-state index contributed by atoms with van der Waals surface area (Å²) >= 11 is 0. The highest BCUT2D eigenvalue weighted by Gasteiger charge is 2.23. The van der Waals surface area contributed by atoms with Crippen LogP contribution in [0, 0.1) is 0 Å². The molecule has 0 aliphatic carbocycles. The van der Waals surface area contributed by atoms with E-state index >= 15 is 0 Å². The smallest absolute Gasteiger partial charge is 0.251 e. The van der Waals surface area contributed by atoms with Crippen LogP contribution in [0.2, 0.25) is 0 Å². The Labute approximate surface area is 77.7 Å². The van der Waals surface area contributed by atoms with Crippen molar-refractivity contribution in [2.45, 2.75) is 18.9 Å². The van der Waals surface area contributed by atoms with Gasteiger partial charge in [0.05, 0.1) is 18.7 Å². The van der Waals surface area contributed by atoms with E-state index in [0.29, 0.717) is 6.54 Å². The lowest BCUT2D eigenvalue weighted by atomic mass is 10.0. The zero-order valence-electron chi connectivity index (χ0n) is 8.35. The summed E-state index contributed by atoms with van der Waals surface area (Å²) in [5.41, 5.74) is -0.510. The Morgan fingerprint density at radius 2 is 2.08 bits per heavy atom. The Hall–Kier alpha value is -0.260. The maximum Gasteiger partial charge on any atom is 0.251 e. The van der Waals surface area contributed by atoms with E-state index in [0.717, 1.165) is 0 Å². The number of aliphatic hydroxyl groups excluding tert-OH is 1. The standard InChI is InChI=1S/C8H18F2N2O/c1-8(6-13,11-2)5-12(3)4-7(9)10/h7,11,13H,4-6H2,1-3H3. The number of rotatable bonds is 6. The molecule has 0 amide bonds.